The van der Waals surface area contributed by atoms with E-state index in [0.29, 0.717) is 6.42 Å². The molecule has 25 heteroatoms. The van der Waals surface area contributed by atoms with Gasteiger partial charge in [-0.3, -0.25) is 52.7 Å². The van der Waals surface area contributed by atoms with E-state index in [1.54, 1.807) is 60.6 Å². The Balaban J connectivity index is 4.48. The Morgan fingerprint density at radius 2 is 0.945 bits per heavy atom. The number of allylic oxidation sites excluding steroid dienone is 2. The Bertz CT molecular complexity index is 2480. The van der Waals surface area contributed by atoms with Crippen molar-refractivity contribution in [3.8, 4) is 0 Å². The predicted octanol–water partition coefficient (Wildman–Crippen LogP) is 3.04. The first-order valence-electron chi connectivity index (χ1n) is 32.5. The van der Waals surface area contributed by atoms with Crippen LogP contribution in [-0.4, -0.2) is 251 Å². The largest absolute Gasteiger partial charge is 0.390 e. The first-order chi connectivity index (χ1) is 41.9. The van der Waals surface area contributed by atoms with Gasteiger partial charge in [0.1, 0.15) is 60.4 Å². The van der Waals surface area contributed by atoms with Gasteiger partial charge in [-0.05, 0) is 108 Å². The van der Waals surface area contributed by atoms with E-state index in [9.17, 15) is 48.6 Å². The fourth-order valence-corrected chi connectivity index (χ4v) is 11.1. The van der Waals surface area contributed by atoms with Gasteiger partial charge in [-0.2, -0.15) is 0 Å². The second kappa shape index (κ2) is 37.5. The molecule has 91 heavy (non-hydrogen) atoms. The van der Waals surface area contributed by atoms with E-state index >= 15 is 14.4 Å². The third-order valence-electron chi connectivity index (χ3n) is 16.7. The Morgan fingerprint density at radius 3 is 1.40 bits per heavy atom. The number of rotatable bonds is 19. The first kappa shape index (κ1) is 82.8. The summed E-state index contributed by atoms with van der Waals surface area (Å²) in [5.74, 6) is -10.5. The standard InChI is InChI=1S/C66H119N11O14/c1-26-28-29-43(15)55(79)54-59(83)68-45(27-2)60(84)71(19)34-51(78)72(20)47(30-37(3)4)58(82)70-52(41(11)12)64(88)73(21)48(31-38(5)6)57(81)67-44(16)56(80)69-46(35-91-36-66(17,18)90)61(85)74(22)49(32-39(7)8)62(86)75(23)50(33-40(9)10)63(87)76(24)53(42(13)14)65(89)77(54)25/h26,28,37-50,52-55,79,90H,27,29-36H2,1-25H3,(H,67,81)(H,68,83)(H,69,80)(H,70,82)/b28-26+/t43-,44+,45+,46-,47+,48+,49+,50+,52+,53+,54+,55-/m1/s1. The van der Waals surface area contributed by atoms with Crippen LogP contribution < -0.4 is 21.3 Å². The van der Waals surface area contributed by atoms with Gasteiger partial charge in [0, 0.05) is 49.3 Å². The van der Waals surface area contributed by atoms with E-state index in [4.69, 9.17) is 4.74 Å². The van der Waals surface area contributed by atoms with Crippen LogP contribution >= 0.6 is 0 Å². The summed E-state index contributed by atoms with van der Waals surface area (Å²) in [6.45, 7) is 29.8. The van der Waals surface area contributed by atoms with Gasteiger partial charge in [-0.25, -0.2) is 0 Å². The number of likely N-dealkylation sites (N-methyl/N-ethyl adjacent to an activating group) is 7. The van der Waals surface area contributed by atoms with Gasteiger partial charge in [0.2, 0.25) is 65.0 Å². The Labute approximate surface area is 544 Å². The topological polar surface area (TPSA) is 308 Å². The lowest BCUT2D eigenvalue weighted by Crippen LogP contribution is -2.63. The van der Waals surface area contributed by atoms with Crippen molar-refractivity contribution < 1.29 is 67.7 Å². The van der Waals surface area contributed by atoms with Crippen LogP contribution in [0.4, 0.5) is 0 Å². The highest BCUT2D eigenvalue weighted by Crippen LogP contribution is 2.26. The summed E-state index contributed by atoms with van der Waals surface area (Å²) in [4.78, 5) is 171. The second-order valence-electron chi connectivity index (χ2n) is 28.3. The molecule has 0 aromatic rings. The maximum absolute atomic E-state index is 15.3. The molecule has 0 aromatic heterocycles. The van der Waals surface area contributed by atoms with Crippen molar-refractivity contribution in [3.63, 3.8) is 0 Å². The fourth-order valence-electron chi connectivity index (χ4n) is 11.1. The lowest BCUT2D eigenvalue weighted by Gasteiger charge is -2.41. The number of nitrogens with one attached hydrogen (secondary N) is 4. The maximum Gasteiger partial charge on any atom is 0.247 e. The van der Waals surface area contributed by atoms with Crippen molar-refractivity contribution in [2.75, 3.05) is 69.1 Å². The van der Waals surface area contributed by atoms with Gasteiger partial charge in [0.15, 0.2) is 0 Å². The number of hydrogen-bond acceptors (Lipinski definition) is 14. The van der Waals surface area contributed by atoms with Gasteiger partial charge < -0.3 is 70.5 Å². The summed E-state index contributed by atoms with van der Waals surface area (Å²) in [6, 6.07) is -13.1. The lowest BCUT2D eigenvalue weighted by atomic mass is 9.91. The van der Waals surface area contributed by atoms with Crippen molar-refractivity contribution in [1.82, 2.24) is 55.6 Å². The summed E-state index contributed by atoms with van der Waals surface area (Å²) in [5, 5.41) is 33.7. The molecule has 1 heterocycles. The Hall–Kier alpha value is -6.21. The van der Waals surface area contributed by atoms with Crippen LogP contribution in [0.2, 0.25) is 0 Å². The highest BCUT2D eigenvalue weighted by molar-refractivity contribution is 5.99. The average molecular weight is 1290 g/mol. The molecule has 11 amide bonds. The minimum absolute atomic E-state index is 0.00808. The van der Waals surface area contributed by atoms with Crippen molar-refractivity contribution in [3.05, 3.63) is 12.2 Å². The highest BCUT2D eigenvalue weighted by atomic mass is 16.5. The molecule has 1 rings (SSSR count). The van der Waals surface area contributed by atoms with Crippen LogP contribution in [0.5, 0.6) is 0 Å². The lowest BCUT2D eigenvalue weighted by molar-refractivity contribution is -0.157. The number of nitrogens with zero attached hydrogens (tertiary/aromatic N) is 7. The van der Waals surface area contributed by atoms with E-state index in [1.807, 2.05) is 55.4 Å². The van der Waals surface area contributed by atoms with Crippen molar-refractivity contribution >= 4 is 65.0 Å². The van der Waals surface area contributed by atoms with E-state index in [1.165, 1.54) is 94.6 Å². The Morgan fingerprint density at radius 1 is 0.516 bits per heavy atom. The van der Waals surface area contributed by atoms with Gasteiger partial charge in [0.25, 0.3) is 0 Å². The molecule has 25 nitrogen and oxygen atoms in total. The summed E-state index contributed by atoms with van der Waals surface area (Å²) in [6.07, 6.45) is 2.79. The zero-order valence-electron chi connectivity index (χ0n) is 59.8. The molecule has 0 spiro atoms. The number of aliphatic hydroxyl groups excluding tert-OH is 1. The van der Waals surface area contributed by atoms with Gasteiger partial charge in [-0.15, -0.1) is 0 Å². The number of ether oxygens (including phenoxy) is 1. The number of carbonyl (C=O) groups excluding carboxylic acids is 11. The molecule has 0 unspecified atom stereocenters. The zero-order valence-corrected chi connectivity index (χ0v) is 59.8. The van der Waals surface area contributed by atoms with Crippen LogP contribution in [0.15, 0.2) is 12.2 Å². The van der Waals surface area contributed by atoms with Gasteiger partial charge in [-0.1, -0.05) is 109 Å². The fraction of sp³-hybridized carbons (Fsp3) is 0.803. The molecule has 12 atom stereocenters. The van der Waals surface area contributed by atoms with Crippen LogP contribution in [0, 0.1) is 41.4 Å². The molecule has 0 bridgehead atoms. The quantitative estimate of drug-likeness (QED) is 0.101. The van der Waals surface area contributed by atoms with E-state index in [0.717, 1.165) is 9.80 Å². The predicted molar refractivity (Wildman–Crippen MR) is 350 cm³/mol. The first-order valence-corrected chi connectivity index (χ1v) is 32.5. The smallest absolute Gasteiger partial charge is 0.247 e. The monoisotopic (exact) mass is 1290 g/mol. The van der Waals surface area contributed by atoms with Crippen LogP contribution in [0.1, 0.15) is 163 Å². The molecule has 1 saturated heterocycles. The molecule has 6 N–H and O–H groups in total. The molecular formula is C66H119N11O14. The van der Waals surface area contributed by atoms with Crippen LogP contribution in [0.3, 0.4) is 0 Å². The molecule has 1 fully saturated rings. The minimum atomic E-state index is -1.64. The average Bonchev–Trinajstić information content (AvgIpc) is 1.31. The summed E-state index contributed by atoms with van der Waals surface area (Å²) in [5.41, 5.74) is -1.37. The number of aliphatic hydroxyl groups is 2. The summed E-state index contributed by atoms with van der Waals surface area (Å²) in [7, 11) is 9.77. The number of carbonyl (C=O) groups is 11. The maximum atomic E-state index is 15.3. The zero-order chi connectivity index (χ0) is 70.6. The molecule has 0 aliphatic carbocycles. The third-order valence-corrected chi connectivity index (χ3v) is 16.7. The molecule has 0 radical (unpaired) electrons. The molecule has 0 saturated carbocycles. The highest BCUT2D eigenvalue weighted by Gasteiger charge is 2.46. The second-order valence-corrected chi connectivity index (χ2v) is 28.3. The van der Waals surface area contributed by atoms with Crippen LogP contribution in [0.25, 0.3) is 0 Å². The molecule has 0 aromatic carbocycles. The van der Waals surface area contributed by atoms with E-state index in [-0.39, 0.29) is 62.4 Å². The number of hydrogen-bond donors (Lipinski definition) is 6. The third kappa shape index (κ3) is 24.7. The van der Waals surface area contributed by atoms with Crippen molar-refractivity contribution in [2.24, 2.45) is 41.4 Å². The summed E-state index contributed by atoms with van der Waals surface area (Å²) >= 11 is 0. The van der Waals surface area contributed by atoms with Crippen molar-refractivity contribution in [1.29, 1.82) is 0 Å². The molecule has 1 aliphatic heterocycles. The van der Waals surface area contributed by atoms with Crippen molar-refractivity contribution in [2.45, 2.75) is 235 Å². The SMILES string of the molecule is C/C=C/C[C@@H](C)[C@@H](O)[C@H]1C(=O)N[C@@H](CC)C(=O)N(C)CC(=O)N(C)[C@@H](CC(C)C)C(=O)N[C@@H](C(C)C)C(=O)N(C)[C@@H](CC(C)C)C(=O)N[C@@H](C)C(=O)N[C@H](COCC(C)(C)O)C(=O)N(C)[C@@H](CC(C)C)C(=O)N(C)[C@@H](CC(C)C)C(=O)N(C)[C@@H](C(C)C)C(=O)N1C. The normalized spacial score (nSPS) is 26.1. The van der Waals surface area contributed by atoms with E-state index in [2.05, 4.69) is 21.3 Å². The Kier molecular flexibility index (Phi) is 34.1. The summed E-state index contributed by atoms with van der Waals surface area (Å²) < 4.78 is 5.83. The molecule has 1 aliphatic rings. The molecule has 522 valence electrons. The molecular weight excluding hydrogens is 1170 g/mol. The van der Waals surface area contributed by atoms with E-state index < -0.39 is 168 Å². The van der Waals surface area contributed by atoms with Gasteiger partial charge >= 0.3 is 0 Å². The van der Waals surface area contributed by atoms with Crippen LogP contribution in [-0.2, 0) is 57.5 Å². The van der Waals surface area contributed by atoms with Gasteiger partial charge in [0.05, 0.1) is 31.5 Å². The minimum Gasteiger partial charge on any atom is -0.390 e. The number of amides is 11.